The number of carbonyl (C=O) groups is 1. The molecule has 0 aliphatic rings. The van der Waals surface area contributed by atoms with Crippen LogP contribution in [-0.4, -0.2) is 17.8 Å². The second-order valence-corrected chi connectivity index (χ2v) is 6.51. The molecule has 2 unspecified atom stereocenters. The number of carbonyl (C=O) groups excluding carboxylic acids is 1. The lowest BCUT2D eigenvalue weighted by Gasteiger charge is -2.21. The van der Waals surface area contributed by atoms with Crippen molar-refractivity contribution in [2.24, 2.45) is 0 Å². The van der Waals surface area contributed by atoms with Crippen molar-refractivity contribution >= 4 is 5.78 Å². The molecule has 5 nitrogen and oxygen atoms in total. The molecule has 0 saturated carbocycles. The fourth-order valence-electron chi connectivity index (χ4n) is 3.36. The zero-order chi connectivity index (χ0) is 19.9. The lowest BCUT2D eigenvalue weighted by atomic mass is 9.83. The van der Waals surface area contributed by atoms with Gasteiger partial charge in [-0.15, -0.1) is 0 Å². The van der Waals surface area contributed by atoms with Gasteiger partial charge >= 0.3 is 0 Å². The summed E-state index contributed by atoms with van der Waals surface area (Å²) in [6.45, 7) is 0. The van der Waals surface area contributed by atoms with E-state index in [1.807, 2.05) is 36.4 Å². The van der Waals surface area contributed by atoms with Crippen molar-refractivity contribution in [3.05, 3.63) is 112 Å². The van der Waals surface area contributed by atoms with Crippen molar-refractivity contribution in [1.29, 1.82) is 0 Å². The summed E-state index contributed by atoms with van der Waals surface area (Å²) in [5.74, 6) is -0.0592. The fraction of sp³-hybridized carbons (Fsp3) is 0.174. The molecule has 2 atom stereocenters. The summed E-state index contributed by atoms with van der Waals surface area (Å²) in [6, 6.07) is 23.9. The summed E-state index contributed by atoms with van der Waals surface area (Å²) >= 11 is 0. The van der Waals surface area contributed by atoms with Gasteiger partial charge in [-0.05, 0) is 29.8 Å². The molecule has 0 saturated heterocycles. The average molecular weight is 375 g/mol. The van der Waals surface area contributed by atoms with Crippen LogP contribution in [0.4, 0.5) is 0 Å². The van der Waals surface area contributed by atoms with E-state index >= 15 is 0 Å². The first-order valence-electron chi connectivity index (χ1n) is 9.01. The molecule has 142 valence electrons. The molecule has 5 heteroatoms. The van der Waals surface area contributed by atoms with Gasteiger partial charge < -0.3 is 4.74 Å². The first-order chi connectivity index (χ1) is 13.6. The Morgan fingerprint density at radius 1 is 0.893 bits per heavy atom. The molecular weight excluding hydrogens is 354 g/mol. The summed E-state index contributed by atoms with van der Waals surface area (Å²) in [5, 5.41) is 12.0. The third-order valence-electron chi connectivity index (χ3n) is 4.79. The van der Waals surface area contributed by atoms with Crippen LogP contribution in [0.3, 0.4) is 0 Å². The summed E-state index contributed by atoms with van der Waals surface area (Å²) < 4.78 is 5.13. The predicted molar refractivity (Wildman–Crippen MR) is 107 cm³/mol. The number of nitrogens with zero attached hydrogens (tertiary/aromatic N) is 1. The predicted octanol–water partition coefficient (Wildman–Crippen LogP) is 5.07. The van der Waals surface area contributed by atoms with Crippen LogP contribution in [0.25, 0.3) is 0 Å². The number of rotatable bonds is 8. The Labute approximate surface area is 163 Å². The highest BCUT2D eigenvalue weighted by molar-refractivity contribution is 5.96. The summed E-state index contributed by atoms with van der Waals surface area (Å²) in [6.07, 6.45) is 0.0386. The second kappa shape index (κ2) is 8.95. The Balaban J connectivity index is 1.96. The highest BCUT2D eigenvalue weighted by atomic mass is 16.6. The lowest BCUT2D eigenvalue weighted by molar-refractivity contribution is -0.533. The molecule has 28 heavy (non-hydrogen) atoms. The Bertz CT molecular complexity index is 924. The topological polar surface area (TPSA) is 69.4 Å². The minimum absolute atomic E-state index is 0.0386. The van der Waals surface area contributed by atoms with Crippen LogP contribution < -0.4 is 4.74 Å². The fourth-order valence-corrected chi connectivity index (χ4v) is 3.36. The van der Waals surface area contributed by atoms with Gasteiger partial charge in [0.25, 0.3) is 0 Å². The maximum absolute atomic E-state index is 12.9. The van der Waals surface area contributed by atoms with Gasteiger partial charge in [0.2, 0.25) is 6.04 Å². The highest BCUT2D eigenvalue weighted by Gasteiger charge is 2.36. The third-order valence-corrected chi connectivity index (χ3v) is 4.79. The van der Waals surface area contributed by atoms with Crippen LogP contribution in [0.2, 0.25) is 0 Å². The minimum Gasteiger partial charge on any atom is -0.497 e. The first-order valence-corrected chi connectivity index (χ1v) is 9.01. The van der Waals surface area contributed by atoms with Gasteiger partial charge in [-0.25, -0.2) is 0 Å². The first kappa shape index (κ1) is 19.3. The van der Waals surface area contributed by atoms with E-state index < -0.39 is 12.0 Å². The van der Waals surface area contributed by atoms with Crippen molar-refractivity contribution in [1.82, 2.24) is 0 Å². The van der Waals surface area contributed by atoms with Crippen molar-refractivity contribution in [3.63, 3.8) is 0 Å². The minimum atomic E-state index is -1.01. The molecule has 0 N–H and O–H groups in total. The molecule has 0 aliphatic carbocycles. The van der Waals surface area contributed by atoms with Gasteiger partial charge in [0.15, 0.2) is 5.78 Å². The van der Waals surface area contributed by atoms with Crippen molar-refractivity contribution in [2.75, 3.05) is 7.11 Å². The number of ketones is 1. The van der Waals surface area contributed by atoms with E-state index in [1.165, 1.54) is 0 Å². The smallest absolute Gasteiger partial charge is 0.245 e. The van der Waals surface area contributed by atoms with Crippen molar-refractivity contribution in [3.8, 4) is 5.75 Å². The Hall–Kier alpha value is -3.47. The van der Waals surface area contributed by atoms with Crippen LogP contribution in [-0.2, 0) is 0 Å². The number of hydrogen-bond acceptors (Lipinski definition) is 4. The zero-order valence-electron chi connectivity index (χ0n) is 15.5. The van der Waals surface area contributed by atoms with Gasteiger partial charge in [0.05, 0.1) is 13.0 Å². The zero-order valence-corrected chi connectivity index (χ0v) is 15.5. The van der Waals surface area contributed by atoms with Gasteiger partial charge in [0, 0.05) is 22.5 Å². The number of nitro groups is 1. The number of benzene rings is 3. The molecule has 0 amide bonds. The molecule has 3 aromatic rings. The van der Waals surface area contributed by atoms with Crippen molar-refractivity contribution in [2.45, 2.75) is 18.4 Å². The summed E-state index contributed by atoms with van der Waals surface area (Å²) in [7, 11) is 1.56. The van der Waals surface area contributed by atoms with Gasteiger partial charge in [-0.2, -0.15) is 0 Å². The van der Waals surface area contributed by atoms with E-state index in [1.54, 1.807) is 55.6 Å². The van der Waals surface area contributed by atoms with Gasteiger partial charge in [0.1, 0.15) is 5.75 Å². The maximum atomic E-state index is 12.9. The molecule has 0 radical (unpaired) electrons. The molecule has 0 heterocycles. The van der Waals surface area contributed by atoms with Crippen LogP contribution in [0, 0.1) is 10.1 Å². The molecule has 0 aliphatic heterocycles. The monoisotopic (exact) mass is 375 g/mol. The number of ether oxygens (including phenoxy) is 1. The highest BCUT2D eigenvalue weighted by Crippen LogP contribution is 2.37. The molecule has 3 rings (SSSR count). The van der Waals surface area contributed by atoms with E-state index in [0.717, 1.165) is 5.56 Å². The van der Waals surface area contributed by atoms with Gasteiger partial charge in [-0.1, -0.05) is 60.7 Å². The molecule has 0 aromatic heterocycles. The standard InChI is InChI=1S/C23H21NO4/c1-28-20-14-12-18(13-15-20)22(25)16-21(17-8-4-2-5-9-17)23(24(26)27)19-10-6-3-7-11-19/h2-15,21,23H,16H2,1H3. The molecular formula is C23H21NO4. The number of Topliss-reactive ketones (excluding diaryl/α,β-unsaturated/α-hetero) is 1. The van der Waals surface area contributed by atoms with Crippen LogP contribution >= 0.6 is 0 Å². The summed E-state index contributed by atoms with van der Waals surface area (Å²) in [4.78, 5) is 24.6. The Morgan fingerprint density at radius 2 is 1.43 bits per heavy atom. The quantitative estimate of drug-likeness (QED) is 0.313. The van der Waals surface area contributed by atoms with E-state index in [2.05, 4.69) is 0 Å². The van der Waals surface area contributed by atoms with Crippen LogP contribution in [0.5, 0.6) is 5.75 Å². The number of methoxy groups -OCH3 is 1. The SMILES string of the molecule is COc1ccc(C(=O)CC(c2ccccc2)C(c2ccccc2)[N+](=O)[O-])cc1. The van der Waals surface area contributed by atoms with E-state index in [-0.39, 0.29) is 17.1 Å². The average Bonchev–Trinajstić information content (AvgIpc) is 2.74. The third kappa shape index (κ3) is 4.43. The second-order valence-electron chi connectivity index (χ2n) is 6.51. The maximum Gasteiger partial charge on any atom is 0.245 e. The largest absolute Gasteiger partial charge is 0.497 e. The summed E-state index contributed by atoms with van der Waals surface area (Å²) in [5.41, 5.74) is 1.87. The molecule has 0 fully saturated rings. The van der Waals surface area contributed by atoms with Gasteiger partial charge in [-0.3, -0.25) is 14.9 Å². The normalized spacial score (nSPS) is 12.8. The van der Waals surface area contributed by atoms with Crippen molar-refractivity contribution < 1.29 is 14.5 Å². The lowest BCUT2D eigenvalue weighted by Crippen LogP contribution is -2.22. The van der Waals surface area contributed by atoms with E-state index in [0.29, 0.717) is 16.9 Å². The number of hydrogen-bond donors (Lipinski definition) is 0. The molecule has 0 bridgehead atoms. The molecule has 3 aromatic carbocycles. The Morgan fingerprint density at radius 3 is 1.93 bits per heavy atom. The van der Waals surface area contributed by atoms with Crippen LogP contribution in [0.15, 0.2) is 84.9 Å². The molecule has 0 spiro atoms. The van der Waals surface area contributed by atoms with E-state index in [9.17, 15) is 14.9 Å². The van der Waals surface area contributed by atoms with E-state index in [4.69, 9.17) is 4.74 Å². The Kier molecular flexibility index (Phi) is 6.17. The van der Waals surface area contributed by atoms with Crippen LogP contribution in [0.1, 0.15) is 39.9 Å².